The molecule has 5 nitrogen and oxygen atoms in total. The van der Waals surface area contributed by atoms with E-state index in [1.807, 2.05) is 18.2 Å². The molecule has 0 radical (unpaired) electrons. The molecule has 2 aromatic carbocycles. The molecule has 114 valence electrons. The fraction of sp³-hybridized carbons (Fsp3) is 0.188. The van der Waals surface area contributed by atoms with E-state index in [0.717, 1.165) is 22.4 Å². The third kappa shape index (κ3) is 2.69. The van der Waals surface area contributed by atoms with E-state index in [1.165, 1.54) is 6.26 Å². The molecule has 1 N–H and O–H groups in total. The summed E-state index contributed by atoms with van der Waals surface area (Å²) < 4.78 is 23.0. The van der Waals surface area contributed by atoms with E-state index < -0.39 is 9.84 Å². The lowest BCUT2D eigenvalue weighted by Crippen LogP contribution is -2.35. The first-order chi connectivity index (χ1) is 10.3. The van der Waals surface area contributed by atoms with E-state index in [-0.39, 0.29) is 6.03 Å². The van der Waals surface area contributed by atoms with Gasteiger partial charge in [0.1, 0.15) is 0 Å². The third-order valence-electron chi connectivity index (χ3n) is 3.72. The number of rotatable bonds is 2. The van der Waals surface area contributed by atoms with Crippen LogP contribution in [-0.4, -0.2) is 32.7 Å². The Hall–Kier alpha value is -2.34. The largest absolute Gasteiger partial charge is 0.323 e. The van der Waals surface area contributed by atoms with Crippen molar-refractivity contribution < 1.29 is 13.2 Å². The Morgan fingerprint density at radius 1 is 1.05 bits per heavy atom. The van der Waals surface area contributed by atoms with Crippen LogP contribution in [-0.2, 0) is 16.4 Å². The Morgan fingerprint density at radius 2 is 1.68 bits per heavy atom. The minimum Gasteiger partial charge on any atom is -0.323 e. The molecule has 1 heterocycles. The van der Waals surface area contributed by atoms with Crippen molar-refractivity contribution in [2.24, 2.45) is 0 Å². The van der Waals surface area contributed by atoms with E-state index in [1.54, 1.807) is 36.2 Å². The second kappa shape index (κ2) is 5.14. The number of anilines is 1. The second-order valence-electron chi connectivity index (χ2n) is 5.45. The highest BCUT2D eigenvalue weighted by Crippen LogP contribution is 2.29. The molecular formula is C16H16N2O3S. The summed E-state index contributed by atoms with van der Waals surface area (Å²) in [7, 11) is -1.44. The lowest BCUT2D eigenvalue weighted by molar-refractivity contribution is 0.218. The molecule has 0 saturated heterocycles. The zero-order chi connectivity index (χ0) is 15.9. The molecule has 0 bridgehead atoms. The molecule has 0 spiro atoms. The Morgan fingerprint density at radius 3 is 2.32 bits per heavy atom. The van der Waals surface area contributed by atoms with Crippen LogP contribution in [0.3, 0.4) is 0 Å². The number of nitrogens with zero attached hydrogens (tertiary/aromatic N) is 1. The lowest BCUT2D eigenvalue weighted by atomic mass is 10.0. The predicted molar refractivity (Wildman–Crippen MR) is 85.5 cm³/mol. The molecule has 0 fully saturated rings. The molecule has 0 atom stereocenters. The van der Waals surface area contributed by atoms with Gasteiger partial charge in [0.25, 0.3) is 0 Å². The summed E-state index contributed by atoms with van der Waals surface area (Å²) in [6.45, 7) is 0.552. The SMILES string of the molecule is CN1Cc2cc(-c3ccc(S(C)(=O)=O)cc3)ccc2NC1=O. The summed E-state index contributed by atoms with van der Waals surface area (Å²) in [5, 5.41) is 2.83. The van der Waals surface area contributed by atoms with Crippen molar-refractivity contribution in [2.75, 3.05) is 18.6 Å². The summed E-state index contributed by atoms with van der Waals surface area (Å²) in [6, 6.07) is 12.5. The van der Waals surface area contributed by atoms with Crippen LogP contribution < -0.4 is 5.32 Å². The molecule has 1 aliphatic rings. The molecule has 6 heteroatoms. The van der Waals surface area contributed by atoms with Crippen LogP contribution in [0, 0.1) is 0 Å². The van der Waals surface area contributed by atoms with Crippen LogP contribution in [0.1, 0.15) is 5.56 Å². The number of hydrogen-bond donors (Lipinski definition) is 1. The minimum absolute atomic E-state index is 0.113. The van der Waals surface area contributed by atoms with Gasteiger partial charge < -0.3 is 10.2 Å². The molecular weight excluding hydrogens is 300 g/mol. The first kappa shape index (κ1) is 14.6. The van der Waals surface area contributed by atoms with E-state index in [9.17, 15) is 13.2 Å². The zero-order valence-electron chi connectivity index (χ0n) is 12.3. The van der Waals surface area contributed by atoms with Crippen molar-refractivity contribution in [1.29, 1.82) is 0 Å². The van der Waals surface area contributed by atoms with E-state index in [4.69, 9.17) is 0 Å². The average Bonchev–Trinajstić information content (AvgIpc) is 2.47. The van der Waals surface area contributed by atoms with E-state index >= 15 is 0 Å². The van der Waals surface area contributed by atoms with Crippen LogP contribution in [0.25, 0.3) is 11.1 Å². The summed E-state index contributed by atoms with van der Waals surface area (Å²) >= 11 is 0. The van der Waals surface area contributed by atoms with Crippen molar-refractivity contribution >= 4 is 21.6 Å². The van der Waals surface area contributed by atoms with Gasteiger partial charge in [-0.25, -0.2) is 13.2 Å². The molecule has 22 heavy (non-hydrogen) atoms. The van der Waals surface area contributed by atoms with Crippen LogP contribution in [0.2, 0.25) is 0 Å². The number of carbonyl (C=O) groups is 1. The number of carbonyl (C=O) groups excluding carboxylic acids is 1. The zero-order valence-corrected chi connectivity index (χ0v) is 13.1. The van der Waals surface area contributed by atoms with Crippen LogP contribution >= 0.6 is 0 Å². The van der Waals surface area contributed by atoms with Crippen molar-refractivity contribution in [1.82, 2.24) is 4.90 Å². The topological polar surface area (TPSA) is 66.5 Å². The van der Waals surface area contributed by atoms with Gasteiger partial charge in [-0.15, -0.1) is 0 Å². The van der Waals surface area contributed by atoms with Gasteiger partial charge in [0.15, 0.2) is 9.84 Å². The molecule has 3 rings (SSSR count). The Labute approximate surface area is 129 Å². The fourth-order valence-corrected chi connectivity index (χ4v) is 3.09. The van der Waals surface area contributed by atoms with Gasteiger partial charge in [0.2, 0.25) is 0 Å². The molecule has 0 saturated carbocycles. The Balaban J connectivity index is 1.96. The molecule has 0 unspecified atom stereocenters. The van der Waals surface area contributed by atoms with Crippen molar-refractivity contribution in [3.63, 3.8) is 0 Å². The molecule has 0 aromatic heterocycles. The quantitative estimate of drug-likeness (QED) is 0.926. The van der Waals surface area contributed by atoms with E-state index in [2.05, 4.69) is 5.32 Å². The van der Waals surface area contributed by atoms with Gasteiger partial charge in [0.05, 0.1) is 4.90 Å². The normalized spacial score (nSPS) is 14.5. The van der Waals surface area contributed by atoms with E-state index in [0.29, 0.717) is 11.4 Å². The summed E-state index contributed by atoms with van der Waals surface area (Å²) in [5.74, 6) is 0. The minimum atomic E-state index is -3.18. The van der Waals surface area contributed by atoms with Crippen molar-refractivity contribution in [3.8, 4) is 11.1 Å². The smallest absolute Gasteiger partial charge is 0.321 e. The maximum Gasteiger partial charge on any atom is 0.321 e. The van der Waals surface area contributed by atoms with Gasteiger partial charge in [-0.3, -0.25) is 0 Å². The van der Waals surface area contributed by atoms with Crippen molar-refractivity contribution in [3.05, 3.63) is 48.0 Å². The van der Waals surface area contributed by atoms with Gasteiger partial charge in [-0.2, -0.15) is 0 Å². The number of hydrogen-bond acceptors (Lipinski definition) is 3. The van der Waals surface area contributed by atoms with Gasteiger partial charge in [0, 0.05) is 25.5 Å². The number of nitrogens with one attached hydrogen (secondary N) is 1. The highest BCUT2D eigenvalue weighted by atomic mass is 32.2. The number of urea groups is 1. The highest BCUT2D eigenvalue weighted by Gasteiger charge is 2.19. The summed E-state index contributed by atoms with van der Waals surface area (Å²) in [5.41, 5.74) is 3.78. The standard InChI is InChI=1S/C16H16N2O3S/c1-18-10-13-9-12(5-8-15(13)17-16(18)19)11-3-6-14(7-4-11)22(2,20)21/h3-9H,10H2,1-2H3,(H,17,19). The maximum atomic E-state index is 11.6. The van der Waals surface area contributed by atoms with Gasteiger partial charge in [-0.05, 0) is 41.0 Å². The molecule has 1 aliphatic heterocycles. The van der Waals surface area contributed by atoms with Gasteiger partial charge >= 0.3 is 6.03 Å². The van der Waals surface area contributed by atoms with Crippen LogP contribution in [0.4, 0.5) is 10.5 Å². The van der Waals surface area contributed by atoms with Crippen LogP contribution in [0.15, 0.2) is 47.4 Å². The molecule has 2 amide bonds. The number of amides is 2. The first-order valence-electron chi connectivity index (χ1n) is 6.80. The average molecular weight is 316 g/mol. The highest BCUT2D eigenvalue weighted by molar-refractivity contribution is 7.90. The monoisotopic (exact) mass is 316 g/mol. The second-order valence-corrected chi connectivity index (χ2v) is 7.47. The number of benzene rings is 2. The first-order valence-corrected chi connectivity index (χ1v) is 8.69. The summed E-state index contributed by atoms with van der Waals surface area (Å²) in [4.78, 5) is 13.5. The number of sulfone groups is 1. The Bertz CT molecular complexity index is 842. The third-order valence-corrected chi connectivity index (χ3v) is 4.85. The fourth-order valence-electron chi connectivity index (χ4n) is 2.46. The Kier molecular flexibility index (Phi) is 3.41. The lowest BCUT2D eigenvalue weighted by Gasteiger charge is -2.26. The summed E-state index contributed by atoms with van der Waals surface area (Å²) in [6.07, 6.45) is 1.19. The van der Waals surface area contributed by atoms with Crippen LogP contribution in [0.5, 0.6) is 0 Å². The maximum absolute atomic E-state index is 11.6. The van der Waals surface area contributed by atoms with Crippen molar-refractivity contribution in [2.45, 2.75) is 11.4 Å². The van der Waals surface area contributed by atoms with Gasteiger partial charge in [-0.1, -0.05) is 18.2 Å². The molecule has 0 aliphatic carbocycles. The predicted octanol–water partition coefficient (Wildman–Crippen LogP) is 2.73. The number of fused-ring (bicyclic) bond motifs is 1. The molecule has 2 aromatic rings.